The first-order valence-electron chi connectivity index (χ1n) is 9.99. The molecule has 4 heterocycles. The summed E-state index contributed by atoms with van der Waals surface area (Å²) in [6.07, 6.45) is 4.71. The Morgan fingerprint density at radius 3 is 2.71 bits per heavy atom. The van der Waals surface area contributed by atoms with E-state index in [1.807, 2.05) is 21.7 Å². The summed E-state index contributed by atoms with van der Waals surface area (Å²) in [5.74, 6) is 2.29. The van der Waals surface area contributed by atoms with E-state index in [1.54, 1.807) is 17.7 Å². The molecule has 0 aromatic carbocycles. The average molecular weight is 402 g/mol. The van der Waals surface area contributed by atoms with Crippen molar-refractivity contribution in [3.63, 3.8) is 0 Å². The van der Waals surface area contributed by atoms with Crippen LogP contribution in [0.2, 0.25) is 0 Å². The van der Waals surface area contributed by atoms with E-state index in [4.69, 9.17) is 0 Å². The van der Waals surface area contributed by atoms with Crippen LogP contribution in [0.25, 0.3) is 0 Å². The number of thiophene rings is 1. The number of aliphatic hydroxyl groups is 1. The number of aliphatic hydroxyl groups excluding tert-OH is 1. The largest absolute Gasteiger partial charge is 0.396 e. The molecule has 2 aliphatic heterocycles. The van der Waals surface area contributed by atoms with Crippen LogP contribution in [0.15, 0.2) is 29.2 Å². The van der Waals surface area contributed by atoms with Gasteiger partial charge in [0, 0.05) is 57.3 Å². The molecule has 0 bridgehead atoms. The van der Waals surface area contributed by atoms with Crippen LogP contribution in [0.3, 0.4) is 0 Å². The van der Waals surface area contributed by atoms with Crippen LogP contribution >= 0.6 is 11.3 Å². The zero-order valence-electron chi connectivity index (χ0n) is 16.0. The van der Waals surface area contributed by atoms with Crippen molar-refractivity contribution < 1.29 is 9.90 Å². The summed E-state index contributed by atoms with van der Waals surface area (Å²) in [6, 6.07) is 3.95. The van der Waals surface area contributed by atoms with Crippen LogP contribution in [0.4, 0.5) is 11.6 Å². The molecule has 0 radical (unpaired) electrons. The van der Waals surface area contributed by atoms with Crippen molar-refractivity contribution >= 4 is 28.9 Å². The number of anilines is 2. The van der Waals surface area contributed by atoms with Gasteiger partial charge in [-0.25, -0.2) is 9.97 Å². The van der Waals surface area contributed by atoms with Gasteiger partial charge in [-0.15, -0.1) is 0 Å². The molecule has 2 aromatic heterocycles. The molecule has 28 heavy (non-hydrogen) atoms. The number of amides is 1. The van der Waals surface area contributed by atoms with Gasteiger partial charge in [-0.3, -0.25) is 4.79 Å². The van der Waals surface area contributed by atoms with Crippen molar-refractivity contribution in [1.29, 1.82) is 0 Å². The number of piperidine rings is 1. The molecule has 1 N–H and O–H groups in total. The third kappa shape index (κ3) is 4.28. The molecule has 8 heteroatoms. The number of hydrogen-bond acceptors (Lipinski definition) is 7. The zero-order valence-corrected chi connectivity index (χ0v) is 16.9. The van der Waals surface area contributed by atoms with Crippen molar-refractivity contribution in [2.75, 3.05) is 55.7 Å². The van der Waals surface area contributed by atoms with E-state index in [2.05, 4.69) is 25.8 Å². The van der Waals surface area contributed by atoms with E-state index in [0.29, 0.717) is 12.5 Å². The molecule has 7 nitrogen and oxygen atoms in total. The maximum atomic E-state index is 12.6. The first-order chi connectivity index (χ1) is 13.7. The minimum Gasteiger partial charge on any atom is -0.396 e. The Morgan fingerprint density at radius 1 is 1.11 bits per heavy atom. The van der Waals surface area contributed by atoms with Gasteiger partial charge in [0.1, 0.15) is 18.0 Å². The Kier molecular flexibility index (Phi) is 6.07. The number of carbonyl (C=O) groups is 1. The second kappa shape index (κ2) is 8.87. The summed E-state index contributed by atoms with van der Waals surface area (Å²) in [5, 5.41) is 13.3. The van der Waals surface area contributed by atoms with Gasteiger partial charge in [0.25, 0.3) is 5.91 Å². The van der Waals surface area contributed by atoms with E-state index >= 15 is 0 Å². The Balaban J connectivity index is 1.42. The SMILES string of the molecule is O=C(c1ccsc1)N1CCCN(c2cc(N3CCCC(CO)C3)ncn2)CC1. The summed E-state index contributed by atoms with van der Waals surface area (Å²) in [7, 11) is 0. The lowest BCUT2D eigenvalue weighted by molar-refractivity contribution is 0.0767. The standard InChI is InChI=1S/C20H27N5O2S/c26-13-16-3-1-5-25(12-16)19-11-18(21-15-22-19)23-6-2-7-24(9-8-23)20(27)17-4-10-28-14-17/h4,10-11,14-16,26H,1-3,5-9,12-13H2. The van der Waals surface area contributed by atoms with Gasteiger partial charge in [-0.2, -0.15) is 11.3 Å². The fraction of sp³-hybridized carbons (Fsp3) is 0.550. The minimum absolute atomic E-state index is 0.120. The van der Waals surface area contributed by atoms with Crippen LogP contribution in [0.1, 0.15) is 29.6 Å². The summed E-state index contributed by atoms with van der Waals surface area (Å²) >= 11 is 1.56. The molecule has 4 rings (SSSR count). The van der Waals surface area contributed by atoms with Crippen LogP contribution in [0, 0.1) is 5.92 Å². The van der Waals surface area contributed by atoms with Crippen LogP contribution in [0.5, 0.6) is 0 Å². The van der Waals surface area contributed by atoms with Gasteiger partial charge in [0.2, 0.25) is 0 Å². The van der Waals surface area contributed by atoms with Crippen LogP contribution in [-0.2, 0) is 0 Å². The second-order valence-corrected chi connectivity index (χ2v) is 8.30. The predicted octanol–water partition coefficient (Wildman–Crippen LogP) is 2.10. The van der Waals surface area contributed by atoms with Crippen LogP contribution in [-0.4, -0.2) is 71.8 Å². The summed E-state index contributed by atoms with van der Waals surface area (Å²) in [5.41, 5.74) is 0.784. The van der Waals surface area contributed by atoms with E-state index in [-0.39, 0.29) is 12.5 Å². The van der Waals surface area contributed by atoms with E-state index in [9.17, 15) is 9.90 Å². The highest BCUT2D eigenvalue weighted by Crippen LogP contribution is 2.24. The first-order valence-corrected chi connectivity index (χ1v) is 10.9. The fourth-order valence-electron chi connectivity index (χ4n) is 4.02. The molecule has 1 atom stereocenters. The Labute approximate surface area is 169 Å². The topological polar surface area (TPSA) is 72.8 Å². The van der Waals surface area contributed by atoms with Crippen molar-refractivity contribution in [3.05, 3.63) is 34.8 Å². The quantitative estimate of drug-likeness (QED) is 0.846. The lowest BCUT2D eigenvalue weighted by atomic mass is 9.99. The predicted molar refractivity (Wildman–Crippen MR) is 111 cm³/mol. The Morgan fingerprint density at radius 2 is 1.93 bits per heavy atom. The van der Waals surface area contributed by atoms with Gasteiger partial charge in [0.05, 0.1) is 5.56 Å². The maximum Gasteiger partial charge on any atom is 0.254 e. The van der Waals surface area contributed by atoms with Crippen LogP contribution < -0.4 is 9.80 Å². The minimum atomic E-state index is 0.120. The molecule has 2 saturated heterocycles. The van der Waals surface area contributed by atoms with Gasteiger partial charge in [-0.1, -0.05) is 0 Å². The third-order valence-corrected chi connectivity index (χ3v) is 6.30. The summed E-state index contributed by atoms with van der Waals surface area (Å²) < 4.78 is 0. The molecule has 2 fully saturated rings. The number of hydrogen-bond donors (Lipinski definition) is 1. The van der Waals surface area contributed by atoms with Crippen molar-refractivity contribution in [2.45, 2.75) is 19.3 Å². The molecule has 2 aromatic rings. The monoisotopic (exact) mass is 401 g/mol. The second-order valence-electron chi connectivity index (χ2n) is 7.52. The molecule has 150 valence electrons. The highest BCUT2D eigenvalue weighted by molar-refractivity contribution is 7.08. The molecule has 2 aliphatic rings. The smallest absolute Gasteiger partial charge is 0.254 e. The number of carbonyl (C=O) groups excluding carboxylic acids is 1. The van der Waals surface area contributed by atoms with E-state index in [0.717, 1.165) is 69.2 Å². The maximum absolute atomic E-state index is 12.6. The Hall–Kier alpha value is -2.19. The van der Waals surface area contributed by atoms with E-state index in [1.165, 1.54) is 0 Å². The lowest BCUT2D eigenvalue weighted by Gasteiger charge is -2.33. The third-order valence-electron chi connectivity index (χ3n) is 5.61. The Bertz CT molecular complexity index is 785. The van der Waals surface area contributed by atoms with Crippen molar-refractivity contribution in [1.82, 2.24) is 14.9 Å². The molecule has 0 aliphatic carbocycles. The number of rotatable bonds is 4. The van der Waals surface area contributed by atoms with Gasteiger partial charge >= 0.3 is 0 Å². The first kappa shape index (κ1) is 19.1. The lowest BCUT2D eigenvalue weighted by Crippen LogP contribution is -2.37. The van der Waals surface area contributed by atoms with Gasteiger partial charge in [-0.05, 0) is 36.6 Å². The highest BCUT2D eigenvalue weighted by Gasteiger charge is 2.23. The normalized spacial score (nSPS) is 20.9. The molecule has 1 amide bonds. The highest BCUT2D eigenvalue weighted by atomic mass is 32.1. The molecule has 1 unspecified atom stereocenters. The zero-order chi connectivity index (χ0) is 19.3. The summed E-state index contributed by atoms with van der Waals surface area (Å²) in [6.45, 7) is 5.16. The van der Waals surface area contributed by atoms with Crippen molar-refractivity contribution in [3.8, 4) is 0 Å². The van der Waals surface area contributed by atoms with Crippen molar-refractivity contribution in [2.24, 2.45) is 5.92 Å². The molecule has 0 saturated carbocycles. The molecular formula is C20H27N5O2S. The number of nitrogens with zero attached hydrogens (tertiary/aromatic N) is 5. The van der Waals surface area contributed by atoms with Gasteiger partial charge < -0.3 is 19.8 Å². The fourth-order valence-corrected chi connectivity index (χ4v) is 4.65. The molecular weight excluding hydrogens is 374 g/mol. The summed E-state index contributed by atoms with van der Waals surface area (Å²) in [4.78, 5) is 28.0. The van der Waals surface area contributed by atoms with Gasteiger partial charge in [0.15, 0.2) is 0 Å². The molecule has 0 spiro atoms. The average Bonchev–Trinajstić information content (AvgIpc) is 3.18. The number of aromatic nitrogens is 2. The van der Waals surface area contributed by atoms with E-state index < -0.39 is 0 Å².